The van der Waals surface area contributed by atoms with E-state index in [0.29, 0.717) is 27.3 Å². The van der Waals surface area contributed by atoms with Crippen LogP contribution in [0, 0.1) is 0 Å². The van der Waals surface area contributed by atoms with Crippen molar-refractivity contribution in [2.75, 3.05) is 0 Å². The molecule has 0 saturated carbocycles. The van der Waals surface area contributed by atoms with Crippen LogP contribution in [0.15, 0.2) is 48.5 Å². The minimum Gasteiger partial charge on any atom is -0.478 e. The Morgan fingerprint density at radius 2 is 1.71 bits per heavy atom. The number of hydrogen-bond acceptors (Lipinski definition) is 2. The lowest BCUT2D eigenvalue weighted by molar-refractivity contribution is -0.131. The molecule has 0 aliphatic heterocycles. The second-order valence-electron chi connectivity index (χ2n) is 4.24. The lowest BCUT2D eigenvalue weighted by Gasteiger charge is -2.11. The lowest BCUT2D eigenvalue weighted by atomic mass is 9.96. The van der Waals surface area contributed by atoms with Crippen LogP contribution >= 0.6 is 23.2 Å². The predicted molar refractivity (Wildman–Crippen MR) is 83.0 cm³/mol. The summed E-state index contributed by atoms with van der Waals surface area (Å²) >= 11 is 12.1. The minimum absolute atomic E-state index is 0.283. The second-order valence-corrected chi connectivity index (χ2v) is 5.02. The summed E-state index contributed by atoms with van der Waals surface area (Å²) in [4.78, 5) is 21.8. The molecular weight excluding hydrogens is 311 g/mol. The summed E-state index contributed by atoms with van der Waals surface area (Å²) in [7, 11) is 0. The summed E-state index contributed by atoms with van der Waals surface area (Å²) in [6, 6.07) is 11.6. The molecule has 2 rings (SSSR count). The first kappa shape index (κ1) is 15.3. The van der Waals surface area contributed by atoms with Gasteiger partial charge >= 0.3 is 5.97 Å². The maximum absolute atomic E-state index is 11.1. The van der Waals surface area contributed by atoms with Gasteiger partial charge in [0.1, 0.15) is 6.29 Å². The Labute approximate surface area is 131 Å². The fraction of sp³-hybridized carbons (Fsp3) is 0. The summed E-state index contributed by atoms with van der Waals surface area (Å²) in [6.07, 6.45) is 1.78. The number of rotatable bonds is 4. The number of halogens is 2. The van der Waals surface area contributed by atoms with Gasteiger partial charge in [-0.05, 0) is 17.2 Å². The standard InChI is InChI=1S/C16H10Cl2O3/c17-14-3-1-2-12(16(14)18)13(8-15(20)21)11-6-4-10(9-19)5-7-11/h1-9H,(H,20,21)/b13-8+. The SMILES string of the molecule is O=Cc1ccc(/C(=C\C(=O)O)c2cccc(Cl)c2Cl)cc1. The molecule has 3 nitrogen and oxygen atoms in total. The molecule has 0 aromatic heterocycles. The number of carboxylic acid groups (broad SMARTS) is 1. The van der Waals surface area contributed by atoms with E-state index in [1.54, 1.807) is 42.5 Å². The van der Waals surface area contributed by atoms with E-state index in [1.165, 1.54) is 0 Å². The molecule has 106 valence electrons. The van der Waals surface area contributed by atoms with Crippen LogP contribution in [0.1, 0.15) is 21.5 Å². The number of carbonyl (C=O) groups excluding carboxylic acids is 1. The van der Waals surface area contributed by atoms with Crippen LogP contribution in [0.5, 0.6) is 0 Å². The van der Waals surface area contributed by atoms with Gasteiger partial charge in [0.15, 0.2) is 0 Å². The monoisotopic (exact) mass is 320 g/mol. The first-order valence-electron chi connectivity index (χ1n) is 5.97. The summed E-state index contributed by atoms with van der Waals surface area (Å²) < 4.78 is 0. The van der Waals surface area contributed by atoms with Crippen molar-refractivity contribution in [3.63, 3.8) is 0 Å². The van der Waals surface area contributed by atoms with E-state index < -0.39 is 5.97 Å². The molecule has 0 radical (unpaired) electrons. The second kappa shape index (κ2) is 6.57. The van der Waals surface area contributed by atoms with E-state index in [0.717, 1.165) is 12.4 Å². The topological polar surface area (TPSA) is 54.4 Å². The maximum Gasteiger partial charge on any atom is 0.328 e. The number of aldehydes is 1. The summed E-state index contributed by atoms with van der Waals surface area (Å²) in [5, 5.41) is 9.68. The van der Waals surface area contributed by atoms with E-state index in [4.69, 9.17) is 28.3 Å². The van der Waals surface area contributed by atoms with Gasteiger partial charge in [0.05, 0.1) is 10.0 Å². The van der Waals surface area contributed by atoms with Crippen LogP contribution in [0.3, 0.4) is 0 Å². The molecule has 0 unspecified atom stereocenters. The number of aliphatic carboxylic acids is 1. The molecule has 0 aliphatic carbocycles. The molecule has 2 aromatic carbocycles. The van der Waals surface area contributed by atoms with Gasteiger partial charge in [-0.15, -0.1) is 0 Å². The van der Waals surface area contributed by atoms with Crippen molar-refractivity contribution < 1.29 is 14.7 Å². The lowest BCUT2D eigenvalue weighted by Crippen LogP contribution is -1.96. The van der Waals surface area contributed by atoms with E-state index in [-0.39, 0.29) is 5.02 Å². The van der Waals surface area contributed by atoms with Gasteiger partial charge in [0, 0.05) is 17.2 Å². The van der Waals surface area contributed by atoms with Gasteiger partial charge in [-0.3, -0.25) is 4.79 Å². The number of carboxylic acids is 1. The van der Waals surface area contributed by atoms with Gasteiger partial charge in [-0.2, -0.15) is 0 Å². The number of hydrogen-bond donors (Lipinski definition) is 1. The van der Waals surface area contributed by atoms with E-state index in [2.05, 4.69) is 0 Å². The van der Waals surface area contributed by atoms with Crippen molar-refractivity contribution in [1.29, 1.82) is 0 Å². The van der Waals surface area contributed by atoms with Crippen molar-refractivity contribution >= 4 is 41.0 Å². The van der Waals surface area contributed by atoms with Gasteiger partial charge < -0.3 is 5.11 Å². The molecule has 0 fully saturated rings. The van der Waals surface area contributed by atoms with Crippen molar-refractivity contribution in [3.05, 3.63) is 75.3 Å². The molecule has 1 N–H and O–H groups in total. The first-order chi connectivity index (χ1) is 10.0. The van der Waals surface area contributed by atoms with Crippen LogP contribution in [0.25, 0.3) is 5.57 Å². The van der Waals surface area contributed by atoms with Crippen LogP contribution in [-0.4, -0.2) is 17.4 Å². The molecule has 21 heavy (non-hydrogen) atoms. The molecule has 0 saturated heterocycles. The molecule has 0 amide bonds. The number of benzene rings is 2. The van der Waals surface area contributed by atoms with Gasteiger partial charge in [0.2, 0.25) is 0 Å². The Morgan fingerprint density at radius 1 is 1.05 bits per heavy atom. The third-order valence-corrected chi connectivity index (χ3v) is 3.69. The third-order valence-electron chi connectivity index (χ3n) is 2.87. The van der Waals surface area contributed by atoms with Gasteiger partial charge in [-0.1, -0.05) is 59.6 Å². The quantitative estimate of drug-likeness (QED) is 0.674. The average molecular weight is 321 g/mol. The molecule has 0 atom stereocenters. The Morgan fingerprint density at radius 3 is 2.29 bits per heavy atom. The van der Waals surface area contributed by atoms with Crippen LogP contribution in [0.4, 0.5) is 0 Å². The van der Waals surface area contributed by atoms with Crippen molar-refractivity contribution in [1.82, 2.24) is 0 Å². The summed E-state index contributed by atoms with van der Waals surface area (Å²) in [6.45, 7) is 0. The highest BCUT2D eigenvalue weighted by atomic mass is 35.5. The highest BCUT2D eigenvalue weighted by Crippen LogP contribution is 2.34. The molecule has 2 aromatic rings. The van der Waals surface area contributed by atoms with Gasteiger partial charge in [-0.25, -0.2) is 4.79 Å². The highest BCUT2D eigenvalue weighted by molar-refractivity contribution is 6.43. The van der Waals surface area contributed by atoms with E-state index in [9.17, 15) is 9.59 Å². The Kier molecular flexibility index (Phi) is 4.78. The smallest absolute Gasteiger partial charge is 0.328 e. The number of carbonyl (C=O) groups is 2. The predicted octanol–water partition coefficient (Wildman–Crippen LogP) is 4.32. The van der Waals surface area contributed by atoms with Crippen molar-refractivity contribution in [3.8, 4) is 0 Å². The Hall–Kier alpha value is -2.10. The van der Waals surface area contributed by atoms with Gasteiger partial charge in [0.25, 0.3) is 0 Å². The average Bonchev–Trinajstić information content (AvgIpc) is 2.48. The first-order valence-corrected chi connectivity index (χ1v) is 6.73. The zero-order chi connectivity index (χ0) is 15.4. The van der Waals surface area contributed by atoms with Crippen molar-refractivity contribution in [2.24, 2.45) is 0 Å². The van der Waals surface area contributed by atoms with Crippen LogP contribution in [-0.2, 0) is 4.79 Å². The molecular formula is C16H10Cl2O3. The maximum atomic E-state index is 11.1. The molecule has 0 heterocycles. The molecule has 5 heteroatoms. The highest BCUT2D eigenvalue weighted by Gasteiger charge is 2.13. The zero-order valence-electron chi connectivity index (χ0n) is 10.7. The van der Waals surface area contributed by atoms with E-state index in [1.807, 2.05) is 0 Å². The summed E-state index contributed by atoms with van der Waals surface area (Å²) in [5.74, 6) is -1.10. The zero-order valence-corrected chi connectivity index (χ0v) is 12.2. The Balaban J connectivity index is 2.61. The third kappa shape index (κ3) is 3.51. The Bertz CT molecular complexity index is 719. The van der Waals surface area contributed by atoms with Crippen LogP contribution in [0.2, 0.25) is 10.0 Å². The fourth-order valence-electron chi connectivity index (χ4n) is 1.89. The molecule has 0 bridgehead atoms. The minimum atomic E-state index is -1.10. The molecule has 0 aliphatic rings. The van der Waals surface area contributed by atoms with Crippen molar-refractivity contribution in [2.45, 2.75) is 0 Å². The largest absolute Gasteiger partial charge is 0.478 e. The van der Waals surface area contributed by atoms with Crippen LogP contribution < -0.4 is 0 Å². The summed E-state index contributed by atoms with van der Waals surface area (Å²) in [5.41, 5.74) is 2.08. The fourth-order valence-corrected chi connectivity index (χ4v) is 2.30. The normalized spacial score (nSPS) is 11.2. The molecule has 0 spiro atoms. The van der Waals surface area contributed by atoms with E-state index >= 15 is 0 Å².